The van der Waals surface area contributed by atoms with Gasteiger partial charge in [-0.1, -0.05) is 17.7 Å². The molecule has 0 saturated carbocycles. The number of hydrogen-bond acceptors (Lipinski definition) is 4. The van der Waals surface area contributed by atoms with E-state index in [1.807, 2.05) is 0 Å². The number of sulfone groups is 1. The van der Waals surface area contributed by atoms with E-state index in [4.69, 9.17) is 16.3 Å². The van der Waals surface area contributed by atoms with Crippen LogP contribution in [0.15, 0.2) is 29.2 Å². The quantitative estimate of drug-likeness (QED) is 0.782. The second kappa shape index (κ2) is 6.20. The largest absolute Gasteiger partial charge is 0.466 e. The van der Waals surface area contributed by atoms with Crippen molar-refractivity contribution in [2.45, 2.75) is 30.4 Å². The lowest BCUT2D eigenvalue weighted by molar-refractivity contribution is -0.143. The van der Waals surface area contributed by atoms with E-state index in [1.165, 1.54) is 19.1 Å². The number of carbonyl (C=O) groups is 1. The van der Waals surface area contributed by atoms with Gasteiger partial charge in [0.05, 0.1) is 23.2 Å². The second-order valence-electron chi connectivity index (χ2n) is 3.82. The summed E-state index contributed by atoms with van der Waals surface area (Å²) in [4.78, 5) is 11.4. The molecule has 1 rings (SSSR count). The van der Waals surface area contributed by atoms with E-state index in [0.29, 0.717) is 5.02 Å². The number of halogens is 1. The first-order chi connectivity index (χ1) is 8.37. The topological polar surface area (TPSA) is 60.4 Å². The lowest BCUT2D eigenvalue weighted by Gasteiger charge is -2.12. The zero-order chi connectivity index (χ0) is 13.8. The molecule has 6 heteroatoms. The minimum Gasteiger partial charge on any atom is -0.466 e. The maximum Gasteiger partial charge on any atom is 0.307 e. The highest BCUT2D eigenvalue weighted by Gasteiger charge is 2.26. The van der Waals surface area contributed by atoms with E-state index in [9.17, 15) is 13.2 Å². The molecule has 0 saturated heterocycles. The molecular formula is C12H15ClO4S. The van der Waals surface area contributed by atoms with Crippen LogP contribution < -0.4 is 0 Å². The number of hydrogen-bond donors (Lipinski definition) is 0. The van der Waals surface area contributed by atoms with Crippen LogP contribution in [-0.2, 0) is 19.4 Å². The van der Waals surface area contributed by atoms with Crippen LogP contribution in [0.2, 0.25) is 5.02 Å². The molecule has 0 aliphatic carbocycles. The van der Waals surface area contributed by atoms with Crippen molar-refractivity contribution >= 4 is 27.4 Å². The lowest BCUT2D eigenvalue weighted by atomic mass is 10.3. The lowest BCUT2D eigenvalue weighted by Crippen LogP contribution is -2.22. The van der Waals surface area contributed by atoms with E-state index in [1.54, 1.807) is 19.1 Å². The minimum absolute atomic E-state index is 0.117. The molecule has 1 aromatic carbocycles. The van der Waals surface area contributed by atoms with Gasteiger partial charge in [0.25, 0.3) is 0 Å². The van der Waals surface area contributed by atoms with Crippen LogP contribution in [0.1, 0.15) is 20.3 Å². The van der Waals surface area contributed by atoms with E-state index >= 15 is 0 Å². The maximum absolute atomic E-state index is 12.2. The van der Waals surface area contributed by atoms with E-state index < -0.39 is 21.1 Å². The van der Waals surface area contributed by atoms with Crippen LogP contribution in [0.4, 0.5) is 0 Å². The Morgan fingerprint density at radius 2 is 2.11 bits per heavy atom. The van der Waals surface area contributed by atoms with Gasteiger partial charge in [0.2, 0.25) is 0 Å². The van der Waals surface area contributed by atoms with Crippen LogP contribution in [0.3, 0.4) is 0 Å². The van der Waals surface area contributed by atoms with Gasteiger partial charge < -0.3 is 4.74 Å². The van der Waals surface area contributed by atoms with Crippen molar-refractivity contribution in [3.63, 3.8) is 0 Å². The second-order valence-corrected chi connectivity index (χ2v) is 6.62. The van der Waals surface area contributed by atoms with Crippen molar-refractivity contribution < 1.29 is 17.9 Å². The normalized spacial score (nSPS) is 13.1. The molecular weight excluding hydrogens is 276 g/mol. The summed E-state index contributed by atoms with van der Waals surface area (Å²) in [5.74, 6) is -0.518. The van der Waals surface area contributed by atoms with E-state index in [2.05, 4.69) is 0 Å². The van der Waals surface area contributed by atoms with Crippen LogP contribution in [-0.4, -0.2) is 26.2 Å². The summed E-state index contributed by atoms with van der Waals surface area (Å²) in [6.07, 6.45) is -0.164. The smallest absolute Gasteiger partial charge is 0.307 e. The molecule has 18 heavy (non-hydrogen) atoms. The van der Waals surface area contributed by atoms with Gasteiger partial charge >= 0.3 is 5.97 Å². The summed E-state index contributed by atoms with van der Waals surface area (Å²) < 4.78 is 29.1. The third-order valence-corrected chi connectivity index (χ3v) is 4.79. The Morgan fingerprint density at radius 1 is 1.44 bits per heavy atom. The highest BCUT2D eigenvalue weighted by atomic mass is 35.5. The van der Waals surface area contributed by atoms with Crippen LogP contribution in [0, 0.1) is 0 Å². The SMILES string of the molecule is CCOC(=O)CC(C)S(=O)(=O)c1cccc(Cl)c1. The molecule has 0 heterocycles. The molecule has 0 radical (unpaired) electrons. The zero-order valence-corrected chi connectivity index (χ0v) is 11.8. The molecule has 0 fully saturated rings. The summed E-state index contributed by atoms with van der Waals surface area (Å²) in [7, 11) is -3.56. The predicted octanol–water partition coefficient (Wildman–Crippen LogP) is 2.46. The summed E-state index contributed by atoms with van der Waals surface area (Å²) in [5.41, 5.74) is 0. The van der Waals surface area contributed by atoms with Gasteiger partial charge in [-0.25, -0.2) is 8.42 Å². The fourth-order valence-corrected chi connectivity index (χ4v) is 3.08. The molecule has 0 aromatic heterocycles. The molecule has 100 valence electrons. The van der Waals surface area contributed by atoms with Gasteiger partial charge in [0, 0.05) is 5.02 Å². The predicted molar refractivity (Wildman–Crippen MR) is 69.3 cm³/mol. The van der Waals surface area contributed by atoms with Gasteiger partial charge in [0.1, 0.15) is 0 Å². The molecule has 4 nitrogen and oxygen atoms in total. The van der Waals surface area contributed by atoms with Gasteiger partial charge in [-0.05, 0) is 32.0 Å². The van der Waals surface area contributed by atoms with Crippen LogP contribution in [0.5, 0.6) is 0 Å². The Kier molecular flexibility index (Phi) is 5.16. The average Bonchev–Trinajstić information content (AvgIpc) is 2.29. The number of esters is 1. The first kappa shape index (κ1) is 15.0. The maximum atomic E-state index is 12.2. The molecule has 0 aliphatic heterocycles. The summed E-state index contributed by atoms with van der Waals surface area (Å²) >= 11 is 5.75. The van der Waals surface area contributed by atoms with E-state index in [-0.39, 0.29) is 17.9 Å². The average molecular weight is 291 g/mol. The van der Waals surface area contributed by atoms with E-state index in [0.717, 1.165) is 0 Å². The van der Waals surface area contributed by atoms with Crippen molar-refractivity contribution in [1.29, 1.82) is 0 Å². The fourth-order valence-electron chi connectivity index (χ4n) is 1.44. The minimum atomic E-state index is -3.56. The summed E-state index contributed by atoms with van der Waals surface area (Å²) in [6.45, 7) is 3.39. The number of benzene rings is 1. The summed E-state index contributed by atoms with van der Waals surface area (Å²) in [6, 6.07) is 5.99. The van der Waals surface area contributed by atoms with Gasteiger partial charge in [-0.3, -0.25) is 4.79 Å². The Morgan fingerprint density at radius 3 is 2.67 bits per heavy atom. The number of ether oxygens (including phenoxy) is 1. The van der Waals surface area contributed by atoms with Gasteiger partial charge in [-0.15, -0.1) is 0 Å². The highest BCUT2D eigenvalue weighted by molar-refractivity contribution is 7.92. The first-order valence-electron chi connectivity index (χ1n) is 5.53. The van der Waals surface area contributed by atoms with Crippen molar-refractivity contribution in [3.05, 3.63) is 29.3 Å². The first-order valence-corrected chi connectivity index (χ1v) is 7.45. The monoisotopic (exact) mass is 290 g/mol. The molecule has 1 atom stereocenters. The molecule has 1 aromatic rings. The molecule has 0 spiro atoms. The third kappa shape index (κ3) is 3.71. The number of carbonyl (C=O) groups excluding carboxylic acids is 1. The van der Waals surface area contributed by atoms with Crippen LogP contribution in [0.25, 0.3) is 0 Å². The highest BCUT2D eigenvalue weighted by Crippen LogP contribution is 2.21. The van der Waals surface area contributed by atoms with Crippen molar-refractivity contribution in [1.82, 2.24) is 0 Å². The fraction of sp³-hybridized carbons (Fsp3) is 0.417. The molecule has 0 aliphatic rings. The van der Waals surface area contributed by atoms with Gasteiger partial charge in [-0.2, -0.15) is 0 Å². The Hall–Kier alpha value is -1.07. The molecule has 0 bridgehead atoms. The van der Waals surface area contributed by atoms with Crippen LogP contribution >= 0.6 is 11.6 Å². The zero-order valence-electron chi connectivity index (χ0n) is 10.2. The van der Waals surface area contributed by atoms with Crippen molar-refractivity contribution in [3.8, 4) is 0 Å². The summed E-state index contributed by atoms with van der Waals surface area (Å²) in [5, 5.41) is -0.491. The Balaban J connectivity index is 2.90. The standard InChI is InChI=1S/C12H15ClO4S/c1-3-17-12(14)7-9(2)18(15,16)11-6-4-5-10(13)8-11/h4-6,8-9H,3,7H2,1-2H3. The molecule has 1 unspecified atom stereocenters. The Bertz CT molecular complexity index is 525. The van der Waals surface area contributed by atoms with Crippen molar-refractivity contribution in [2.24, 2.45) is 0 Å². The van der Waals surface area contributed by atoms with Gasteiger partial charge in [0.15, 0.2) is 9.84 Å². The van der Waals surface area contributed by atoms with Crippen molar-refractivity contribution in [2.75, 3.05) is 6.61 Å². The molecule has 0 N–H and O–H groups in total. The third-order valence-electron chi connectivity index (χ3n) is 2.41. The Labute approximate surface area is 112 Å². The number of rotatable bonds is 5. The molecule has 0 amide bonds.